The molecule has 3 heterocycles. The van der Waals surface area contributed by atoms with E-state index in [1.807, 2.05) is 23.1 Å². The van der Waals surface area contributed by atoms with Gasteiger partial charge in [-0.15, -0.1) is 0 Å². The lowest BCUT2D eigenvalue weighted by atomic mass is 9.92. The Hall–Kier alpha value is -2.54. The molecular formula is C17H21N5O2. The molecule has 3 rings (SSSR count). The van der Waals surface area contributed by atoms with Crippen LogP contribution in [0.3, 0.4) is 0 Å². The maximum Gasteiger partial charge on any atom is 0.317 e. The number of carboxylic acids is 1. The van der Waals surface area contributed by atoms with Gasteiger partial charge in [0.25, 0.3) is 0 Å². The van der Waals surface area contributed by atoms with E-state index in [-0.39, 0.29) is 6.54 Å². The third kappa shape index (κ3) is 4.48. The second-order valence-corrected chi connectivity index (χ2v) is 6.01. The highest BCUT2D eigenvalue weighted by atomic mass is 16.4. The number of pyridine rings is 1. The summed E-state index contributed by atoms with van der Waals surface area (Å²) in [7, 11) is 0. The van der Waals surface area contributed by atoms with E-state index < -0.39 is 5.97 Å². The van der Waals surface area contributed by atoms with Gasteiger partial charge in [-0.2, -0.15) is 0 Å². The number of anilines is 2. The number of aromatic nitrogens is 3. The normalized spacial score (nSPS) is 16.0. The summed E-state index contributed by atoms with van der Waals surface area (Å²) in [5, 5.41) is 12.1. The molecule has 126 valence electrons. The molecule has 2 aromatic rings. The smallest absolute Gasteiger partial charge is 0.317 e. The van der Waals surface area contributed by atoms with Gasteiger partial charge in [0.05, 0.1) is 12.2 Å². The summed E-state index contributed by atoms with van der Waals surface area (Å²) in [6, 6.07) is 5.68. The molecule has 0 radical (unpaired) electrons. The molecule has 2 aromatic heterocycles. The summed E-state index contributed by atoms with van der Waals surface area (Å²) < 4.78 is 0. The van der Waals surface area contributed by atoms with E-state index in [0.717, 1.165) is 49.7 Å². The zero-order chi connectivity index (χ0) is 16.8. The number of likely N-dealkylation sites (tertiary alicyclic amines) is 1. The van der Waals surface area contributed by atoms with Gasteiger partial charge in [-0.3, -0.25) is 14.7 Å². The number of hydrogen-bond donors (Lipinski definition) is 2. The molecule has 1 fully saturated rings. The van der Waals surface area contributed by atoms with Gasteiger partial charge < -0.3 is 10.4 Å². The van der Waals surface area contributed by atoms with Gasteiger partial charge in [-0.1, -0.05) is 6.07 Å². The lowest BCUT2D eigenvalue weighted by Crippen LogP contribution is -2.37. The maximum absolute atomic E-state index is 10.8. The SMILES string of the molecule is O=C(O)CN1CCC(Cc2nccnc2Nc2ccccn2)CC1. The molecule has 0 unspecified atom stereocenters. The van der Waals surface area contributed by atoms with Crippen LogP contribution in [0.5, 0.6) is 0 Å². The van der Waals surface area contributed by atoms with Crippen molar-refractivity contribution in [3.05, 3.63) is 42.5 Å². The second kappa shape index (κ2) is 7.83. The lowest BCUT2D eigenvalue weighted by molar-refractivity contribution is -0.138. The highest BCUT2D eigenvalue weighted by Gasteiger charge is 2.22. The Morgan fingerprint density at radius 1 is 1.17 bits per heavy atom. The highest BCUT2D eigenvalue weighted by molar-refractivity contribution is 5.69. The molecule has 0 bridgehead atoms. The molecule has 1 aliphatic rings. The van der Waals surface area contributed by atoms with E-state index >= 15 is 0 Å². The van der Waals surface area contributed by atoms with Crippen molar-refractivity contribution in [1.29, 1.82) is 0 Å². The molecule has 0 saturated carbocycles. The maximum atomic E-state index is 10.8. The summed E-state index contributed by atoms with van der Waals surface area (Å²) in [6.45, 7) is 1.77. The zero-order valence-electron chi connectivity index (χ0n) is 13.4. The topological polar surface area (TPSA) is 91.2 Å². The number of rotatable bonds is 6. The first-order valence-electron chi connectivity index (χ1n) is 8.13. The molecule has 0 spiro atoms. The van der Waals surface area contributed by atoms with Gasteiger partial charge >= 0.3 is 5.97 Å². The first-order valence-corrected chi connectivity index (χ1v) is 8.13. The van der Waals surface area contributed by atoms with Crippen LogP contribution in [0.2, 0.25) is 0 Å². The van der Waals surface area contributed by atoms with Crippen LogP contribution in [0.25, 0.3) is 0 Å². The molecular weight excluding hydrogens is 306 g/mol. The Morgan fingerprint density at radius 3 is 2.67 bits per heavy atom. The molecule has 0 aliphatic carbocycles. The Bertz CT molecular complexity index is 672. The van der Waals surface area contributed by atoms with Crippen molar-refractivity contribution >= 4 is 17.6 Å². The minimum absolute atomic E-state index is 0.129. The average Bonchev–Trinajstić information content (AvgIpc) is 2.59. The van der Waals surface area contributed by atoms with Crippen molar-refractivity contribution in [2.24, 2.45) is 5.92 Å². The Kier molecular flexibility index (Phi) is 5.32. The fourth-order valence-corrected chi connectivity index (χ4v) is 2.99. The second-order valence-electron chi connectivity index (χ2n) is 6.01. The van der Waals surface area contributed by atoms with Gasteiger partial charge in [0.15, 0.2) is 5.82 Å². The van der Waals surface area contributed by atoms with E-state index in [1.54, 1.807) is 18.6 Å². The van der Waals surface area contributed by atoms with Crippen LogP contribution in [0.15, 0.2) is 36.8 Å². The number of nitrogens with one attached hydrogen (secondary N) is 1. The third-order valence-electron chi connectivity index (χ3n) is 4.23. The van der Waals surface area contributed by atoms with Crippen molar-refractivity contribution in [3.8, 4) is 0 Å². The number of nitrogens with zero attached hydrogens (tertiary/aromatic N) is 4. The molecule has 0 amide bonds. The van der Waals surface area contributed by atoms with E-state index in [9.17, 15) is 4.79 Å². The number of carboxylic acid groups (broad SMARTS) is 1. The van der Waals surface area contributed by atoms with E-state index in [0.29, 0.717) is 5.92 Å². The summed E-state index contributed by atoms with van der Waals surface area (Å²) >= 11 is 0. The van der Waals surface area contributed by atoms with Gasteiger partial charge in [0, 0.05) is 18.6 Å². The quantitative estimate of drug-likeness (QED) is 0.838. The third-order valence-corrected chi connectivity index (χ3v) is 4.23. The molecule has 0 atom stereocenters. The van der Waals surface area contributed by atoms with Crippen LogP contribution in [0.4, 0.5) is 11.6 Å². The fraction of sp³-hybridized carbons (Fsp3) is 0.412. The molecule has 24 heavy (non-hydrogen) atoms. The van der Waals surface area contributed by atoms with E-state index in [1.165, 1.54) is 0 Å². The van der Waals surface area contributed by atoms with Gasteiger partial charge in [-0.05, 0) is 50.4 Å². The predicted molar refractivity (Wildman–Crippen MR) is 90.1 cm³/mol. The Balaban J connectivity index is 1.61. The van der Waals surface area contributed by atoms with Crippen molar-refractivity contribution in [1.82, 2.24) is 19.9 Å². The van der Waals surface area contributed by atoms with Crippen molar-refractivity contribution in [2.45, 2.75) is 19.3 Å². The number of carbonyl (C=O) groups is 1. The van der Waals surface area contributed by atoms with Crippen LogP contribution in [-0.4, -0.2) is 50.6 Å². The van der Waals surface area contributed by atoms with Gasteiger partial charge in [-0.25, -0.2) is 9.97 Å². The molecule has 1 aliphatic heterocycles. The largest absolute Gasteiger partial charge is 0.480 e. The van der Waals surface area contributed by atoms with Crippen LogP contribution in [0.1, 0.15) is 18.5 Å². The van der Waals surface area contributed by atoms with Crippen LogP contribution >= 0.6 is 0 Å². The monoisotopic (exact) mass is 327 g/mol. The zero-order valence-corrected chi connectivity index (χ0v) is 13.4. The highest BCUT2D eigenvalue weighted by Crippen LogP contribution is 2.24. The minimum atomic E-state index is -0.760. The molecule has 7 heteroatoms. The van der Waals surface area contributed by atoms with Gasteiger partial charge in [0.1, 0.15) is 5.82 Å². The summed E-state index contributed by atoms with van der Waals surface area (Å²) in [5.74, 6) is 1.22. The van der Waals surface area contributed by atoms with Crippen LogP contribution in [-0.2, 0) is 11.2 Å². The van der Waals surface area contributed by atoms with Crippen molar-refractivity contribution in [3.63, 3.8) is 0 Å². The van der Waals surface area contributed by atoms with Crippen molar-refractivity contribution < 1.29 is 9.90 Å². The number of piperidine rings is 1. The van der Waals surface area contributed by atoms with Crippen molar-refractivity contribution in [2.75, 3.05) is 25.0 Å². The predicted octanol–water partition coefficient (Wildman–Crippen LogP) is 1.95. The van der Waals surface area contributed by atoms with Gasteiger partial charge in [0.2, 0.25) is 0 Å². The minimum Gasteiger partial charge on any atom is -0.480 e. The van der Waals surface area contributed by atoms with Crippen LogP contribution < -0.4 is 5.32 Å². The standard InChI is InChI=1S/C17H21N5O2/c23-16(24)12-22-9-4-13(5-10-22)11-14-17(20-8-7-18-14)21-15-3-1-2-6-19-15/h1-3,6-8,13H,4-5,9-12H2,(H,23,24)(H,19,20,21). The van der Waals surface area contributed by atoms with Crippen LogP contribution in [0, 0.1) is 5.92 Å². The lowest BCUT2D eigenvalue weighted by Gasteiger charge is -2.30. The Labute approximate surface area is 140 Å². The number of aliphatic carboxylic acids is 1. The molecule has 7 nitrogen and oxygen atoms in total. The summed E-state index contributed by atoms with van der Waals surface area (Å²) in [5.41, 5.74) is 0.930. The first-order chi connectivity index (χ1) is 11.7. The first kappa shape index (κ1) is 16.3. The average molecular weight is 327 g/mol. The fourth-order valence-electron chi connectivity index (χ4n) is 2.99. The Morgan fingerprint density at radius 2 is 1.96 bits per heavy atom. The molecule has 1 saturated heterocycles. The van der Waals surface area contributed by atoms with E-state index in [4.69, 9.17) is 5.11 Å². The number of hydrogen-bond acceptors (Lipinski definition) is 6. The summed E-state index contributed by atoms with van der Waals surface area (Å²) in [6.07, 6.45) is 7.91. The molecule has 0 aromatic carbocycles. The van der Waals surface area contributed by atoms with E-state index in [2.05, 4.69) is 20.3 Å². The summed E-state index contributed by atoms with van der Waals surface area (Å²) in [4.78, 5) is 25.9. The molecule has 2 N–H and O–H groups in total.